The summed E-state index contributed by atoms with van der Waals surface area (Å²) in [5.41, 5.74) is 7.71. The Kier molecular flexibility index (Phi) is 11.9. The van der Waals surface area contributed by atoms with Crippen LogP contribution in [0, 0.1) is 0 Å². The van der Waals surface area contributed by atoms with E-state index in [0.717, 1.165) is 30.8 Å². The second kappa shape index (κ2) is 12.4. The summed E-state index contributed by atoms with van der Waals surface area (Å²) >= 11 is 0. The van der Waals surface area contributed by atoms with Gasteiger partial charge in [-0.15, -0.1) is 24.8 Å². The zero-order valence-electron chi connectivity index (χ0n) is 14.5. The van der Waals surface area contributed by atoms with Crippen LogP contribution in [-0.2, 0) is 11.2 Å². The number of hydrogen-bond donors (Lipinski definition) is 2. The maximum atomic E-state index is 11.9. The van der Waals surface area contributed by atoms with Crippen molar-refractivity contribution in [2.75, 3.05) is 25.4 Å². The first-order valence-electron chi connectivity index (χ1n) is 8.51. The quantitative estimate of drug-likeness (QED) is 0.566. The maximum Gasteiger partial charge on any atom is 0.220 e. The van der Waals surface area contributed by atoms with Gasteiger partial charge in [0.2, 0.25) is 5.91 Å². The molecule has 1 aliphatic heterocycles. The number of likely N-dealkylation sites (tertiary alicyclic amines) is 1. The molecule has 0 radical (unpaired) electrons. The van der Waals surface area contributed by atoms with Crippen LogP contribution in [0.25, 0.3) is 0 Å². The first kappa shape index (κ1) is 23.0. The van der Waals surface area contributed by atoms with Crippen LogP contribution >= 0.6 is 24.8 Å². The lowest BCUT2D eigenvalue weighted by Crippen LogP contribution is -2.39. The Balaban J connectivity index is 0.00000264. The molecule has 1 unspecified atom stereocenters. The molecule has 1 aliphatic rings. The summed E-state index contributed by atoms with van der Waals surface area (Å²) in [6.07, 6.45) is 6.23. The molecule has 0 spiro atoms. The van der Waals surface area contributed by atoms with Crippen molar-refractivity contribution in [2.24, 2.45) is 0 Å². The number of halogens is 2. The summed E-state index contributed by atoms with van der Waals surface area (Å²) in [7, 11) is 0. The lowest BCUT2D eigenvalue weighted by Gasteiger charge is -2.33. The summed E-state index contributed by atoms with van der Waals surface area (Å²) in [4.78, 5) is 14.4. The fraction of sp³-hybridized carbons (Fsp3) is 0.611. The third-order valence-corrected chi connectivity index (χ3v) is 4.56. The van der Waals surface area contributed by atoms with Crippen LogP contribution in [0.5, 0.6) is 0 Å². The minimum atomic E-state index is 0. The first-order valence-corrected chi connectivity index (χ1v) is 8.51. The van der Waals surface area contributed by atoms with Crippen LogP contribution < -0.4 is 11.1 Å². The molecule has 1 heterocycles. The molecule has 1 amide bonds. The number of nitrogen functional groups attached to an aromatic ring is 1. The van der Waals surface area contributed by atoms with Crippen molar-refractivity contribution in [1.82, 2.24) is 10.2 Å². The molecule has 138 valence electrons. The number of benzene rings is 1. The Morgan fingerprint density at radius 2 is 2.04 bits per heavy atom. The Bertz CT molecular complexity index is 485. The highest BCUT2D eigenvalue weighted by molar-refractivity contribution is 5.85. The van der Waals surface area contributed by atoms with E-state index in [4.69, 9.17) is 5.73 Å². The lowest BCUT2D eigenvalue weighted by molar-refractivity contribution is -0.121. The number of rotatable bonds is 7. The Hall–Kier alpha value is -0.970. The SMILES string of the molecule is CC1CCCCN1CCCNC(=O)CCc1ccccc1N.Cl.Cl. The molecule has 1 fully saturated rings. The van der Waals surface area contributed by atoms with Gasteiger partial charge in [0.25, 0.3) is 0 Å². The van der Waals surface area contributed by atoms with Crippen LogP contribution in [0.4, 0.5) is 5.69 Å². The van der Waals surface area contributed by atoms with Crippen LogP contribution in [0.1, 0.15) is 44.6 Å². The number of carbonyl (C=O) groups excluding carboxylic acids is 1. The van der Waals surface area contributed by atoms with Gasteiger partial charge in [0.15, 0.2) is 0 Å². The van der Waals surface area contributed by atoms with Crippen molar-refractivity contribution in [3.8, 4) is 0 Å². The van der Waals surface area contributed by atoms with Crippen molar-refractivity contribution in [1.29, 1.82) is 0 Å². The number of nitrogens with two attached hydrogens (primary N) is 1. The summed E-state index contributed by atoms with van der Waals surface area (Å²) in [5.74, 6) is 0.120. The number of carbonyl (C=O) groups is 1. The van der Waals surface area contributed by atoms with Gasteiger partial charge in [-0.2, -0.15) is 0 Å². The van der Waals surface area contributed by atoms with E-state index in [2.05, 4.69) is 17.1 Å². The number of aryl methyl sites for hydroxylation is 1. The largest absolute Gasteiger partial charge is 0.399 e. The highest BCUT2D eigenvalue weighted by Gasteiger charge is 2.17. The smallest absolute Gasteiger partial charge is 0.220 e. The maximum absolute atomic E-state index is 11.9. The number of nitrogens with one attached hydrogen (secondary N) is 1. The van der Waals surface area contributed by atoms with Gasteiger partial charge in [-0.05, 0) is 50.8 Å². The molecule has 2 rings (SSSR count). The number of hydrogen-bond acceptors (Lipinski definition) is 3. The highest BCUT2D eigenvalue weighted by atomic mass is 35.5. The van der Waals surface area contributed by atoms with Gasteiger partial charge in [-0.25, -0.2) is 0 Å². The van der Waals surface area contributed by atoms with Crippen molar-refractivity contribution < 1.29 is 4.79 Å². The second-order valence-electron chi connectivity index (χ2n) is 6.28. The molecule has 0 aromatic heterocycles. The summed E-state index contributed by atoms with van der Waals surface area (Å²) < 4.78 is 0. The van der Waals surface area contributed by atoms with Gasteiger partial charge in [-0.3, -0.25) is 4.79 Å². The van der Waals surface area contributed by atoms with E-state index in [9.17, 15) is 4.79 Å². The fourth-order valence-electron chi connectivity index (χ4n) is 3.10. The van der Waals surface area contributed by atoms with E-state index in [1.54, 1.807) is 0 Å². The topological polar surface area (TPSA) is 58.4 Å². The van der Waals surface area contributed by atoms with Crippen molar-refractivity contribution in [3.05, 3.63) is 29.8 Å². The van der Waals surface area contributed by atoms with E-state index in [1.165, 1.54) is 25.8 Å². The normalized spacial score (nSPS) is 17.5. The Morgan fingerprint density at radius 1 is 1.29 bits per heavy atom. The second-order valence-corrected chi connectivity index (χ2v) is 6.28. The minimum absolute atomic E-state index is 0. The fourth-order valence-corrected chi connectivity index (χ4v) is 3.10. The molecule has 3 N–H and O–H groups in total. The zero-order chi connectivity index (χ0) is 15.8. The van der Waals surface area contributed by atoms with Crippen molar-refractivity contribution in [2.45, 2.75) is 51.5 Å². The molecule has 0 aliphatic carbocycles. The van der Waals surface area contributed by atoms with Gasteiger partial charge < -0.3 is 16.0 Å². The monoisotopic (exact) mass is 375 g/mol. The van der Waals surface area contributed by atoms with Gasteiger partial charge in [-0.1, -0.05) is 24.6 Å². The molecule has 1 aromatic carbocycles. The molecule has 4 nitrogen and oxygen atoms in total. The van der Waals surface area contributed by atoms with E-state index in [-0.39, 0.29) is 30.7 Å². The Labute approximate surface area is 158 Å². The van der Waals surface area contributed by atoms with Gasteiger partial charge in [0.05, 0.1) is 0 Å². The molecule has 1 aromatic rings. The third kappa shape index (κ3) is 7.73. The molecule has 1 atom stereocenters. The summed E-state index contributed by atoms with van der Waals surface area (Å²) in [5, 5.41) is 3.02. The minimum Gasteiger partial charge on any atom is -0.399 e. The Morgan fingerprint density at radius 3 is 2.75 bits per heavy atom. The molecule has 0 bridgehead atoms. The third-order valence-electron chi connectivity index (χ3n) is 4.56. The average molecular weight is 376 g/mol. The summed E-state index contributed by atoms with van der Waals surface area (Å²) in [6, 6.07) is 8.45. The van der Waals surface area contributed by atoms with Crippen LogP contribution in [-0.4, -0.2) is 36.5 Å². The number of piperidine rings is 1. The number of nitrogens with zero attached hydrogens (tertiary/aromatic N) is 1. The molecule has 6 heteroatoms. The van der Waals surface area contributed by atoms with Crippen molar-refractivity contribution in [3.63, 3.8) is 0 Å². The molecule has 0 saturated carbocycles. The predicted molar refractivity (Wildman–Crippen MR) is 106 cm³/mol. The van der Waals surface area contributed by atoms with Crippen LogP contribution in [0.15, 0.2) is 24.3 Å². The average Bonchev–Trinajstić information content (AvgIpc) is 2.52. The predicted octanol–water partition coefficient (Wildman–Crippen LogP) is 3.43. The first-order chi connectivity index (χ1) is 10.7. The highest BCUT2D eigenvalue weighted by Crippen LogP contribution is 2.16. The van der Waals surface area contributed by atoms with E-state index in [1.807, 2.05) is 24.3 Å². The molecule has 24 heavy (non-hydrogen) atoms. The van der Waals surface area contributed by atoms with Gasteiger partial charge >= 0.3 is 0 Å². The van der Waals surface area contributed by atoms with E-state index >= 15 is 0 Å². The number of amides is 1. The molecule has 1 saturated heterocycles. The number of para-hydroxylation sites is 1. The van der Waals surface area contributed by atoms with Gasteiger partial charge in [0.1, 0.15) is 0 Å². The van der Waals surface area contributed by atoms with E-state index in [0.29, 0.717) is 18.9 Å². The van der Waals surface area contributed by atoms with Crippen LogP contribution in [0.3, 0.4) is 0 Å². The standard InChI is InChI=1S/C18H29N3O.2ClH/c1-15-7-4-5-13-21(15)14-6-12-20-18(22)11-10-16-8-2-3-9-17(16)19;;/h2-3,8-9,15H,4-7,10-14,19H2,1H3,(H,20,22);2*1H. The van der Waals surface area contributed by atoms with Gasteiger partial charge in [0, 0.05) is 31.2 Å². The summed E-state index contributed by atoms with van der Waals surface area (Å²) in [6.45, 7) is 5.38. The van der Waals surface area contributed by atoms with E-state index < -0.39 is 0 Å². The van der Waals surface area contributed by atoms with Crippen LogP contribution in [0.2, 0.25) is 0 Å². The zero-order valence-corrected chi connectivity index (χ0v) is 16.1. The lowest BCUT2D eigenvalue weighted by atomic mass is 10.0. The molecular weight excluding hydrogens is 345 g/mol. The van der Waals surface area contributed by atoms with Crippen molar-refractivity contribution >= 4 is 36.4 Å². The number of anilines is 1. The molecular formula is C18H31Cl2N3O.